The van der Waals surface area contributed by atoms with E-state index in [-0.39, 0.29) is 0 Å². The number of rotatable bonds is 4. The standard InChI is InChI=1S/C13H13NO5S/c1-19-9-5-3-8(4-6-9)10-11(20(2,17)18)13(10,7-14)12(15)16/h3-6,10-11H,1-2H3,(H,15,16)/t10-,11+,13-/m1/s1. The molecule has 0 unspecified atom stereocenters. The van der Waals surface area contributed by atoms with Gasteiger partial charge in [-0.2, -0.15) is 5.26 Å². The highest BCUT2D eigenvalue weighted by Gasteiger charge is 2.76. The molecule has 1 aliphatic rings. The third-order valence-corrected chi connectivity index (χ3v) is 5.17. The topological polar surface area (TPSA) is 104 Å². The van der Waals surface area contributed by atoms with Crippen molar-refractivity contribution in [3.8, 4) is 11.8 Å². The van der Waals surface area contributed by atoms with Gasteiger partial charge >= 0.3 is 5.97 Å². The minimum Gasteiger partial charge on any atom is -0.497 e. The second-order valence-corrected chi connectivity index (χ2v) is 6.95. The smallest absolute Gasteiger partial charge is 0.326 e. The molecule has 20 heavy (non-hydrogen) atoms. The van der Waals surface area contributed by atoms with Crippen LogP contribution in [0, 0.1) is 16.7 Å². The van der Waals surface area contributed by atoms with Gasteiger partial charge in [0, 0.05) is 12.2 Å². The van der Waals surface area contributed by atoms with Gasteiger partial charge in [-0.05, 0) is 17.7 Å². The number of carbonyl (C=O) groups is 1. The molecule has 0 radical (unpaired) electrons. The summed E-state index contributed by atoms with van der Waals surface area (Å²) in [6, 6.07) is 8.07. The molecular formula is C13H13NO5S. The third-order valence-electron chi connectivity index (χ3n) is 3.61. The van der Waals surface area contributed by atoms with Gasteiger partial charge < -0.3 is 9.84 Å². The number of ether oxygens (including phenoxy) is 1. The van der Waals surface area contributed by atoms with E-state index in [1.807, 2.05) is 0 Å². The number of aliphatic carboxylic acids is 1. The van der Waals surface area contributed by atoms with Gasteiger partial charge in [0.1, 0.15) is 11.0 Å². The Kier molecular flexibility index (Phi) is 3.22. The van der Waals surface area contributed by atoms with Crippen molar-refractivity contribution >= 4 is 15.8 Å². The average Bonchev–Trinajstić information content (AvgIpc) is 3.09. The van der Waals surface area contributed by atoms with Gasteiger partial charge in [0.2, 0.25) is 0 Å². The summed E-state index contributed by atoms with van der Waals surface area (Å²) in [7, 11) is -2.15. The SMILES string of the molecule is COc1ccc([C@@H]2[C@H](S(C)(=O)=O)[C@]2(C#N)C(=O)O)cc1. The van der Waals surface area contributed by atoms with E-state index in [1.54, 1.807) is 30.3 Å². The molecule has 106 valence electrons. The molecule has 1 N–H and O–H groups in total. The maximum atomic E-state index is 11.7. The maximum Gasteiger partial charge on any atom is 0.326 e. The van der Waals surface area contributed by atoms with Crippen LogP contribution in [0.15, 0.2) is 24.3 Å². The first kappa shape index (κ1) is 14.3. The van der Waals surface area contributed by atoms with Crippen molar-refractivity contribution in [2.75, 3.05) is 13.4 Å². The zero-order chi connectivity index (χ0) is 15.1. The molecule has 0 saturated heterocycles. The Labute approximate surface area is 116 Å². The summed E-state index contributed by atoms with van der Waals surface area (Å²) in [4.78, 5) is 11.4. The van der Waals surface area contributed by atoms with Crippen LogP contribution < -0.4 is 4.74 Å². The minimum atomic E-state index is -3.64. The first-order valence-corrected chi connectivity index (χ1v) is 7.72. The van der Waals surface area contributed by atoms with Crippen LogP contribution in [0.1, 0.15) is 11.5 Å². The van der Waals surface area contributed by atoms with Crippen LogP contribution in [-0.2, 0) is 14.6 Å². The largest absolute Gasteiger partial charge is 0.497 e. The van der Waals surface area contributed by atoms with Gasteiger partial charge in [0.25, 0.3) is 0 Å². The molecule has 1 aromatic rings. The highest BCUT2D eigenvalue weighted by molar-refractivity contribution is 7.91. The lowest BCUT2D eigenvalue weighted by atomic mass is 10.0. The lowest BCUT2D eigenvalue weighted by Crippen LogP contribution is -2.21. The van der Waals surface area contributed by atoms with Gasteiger partial charge in [0.05, 0.1) is 13.2 Å². The van der Waals surface area contributed by atoms with E-state index in [1.165, 1.54) is 7.11 Å². The van der Waals surface area contributed by atoms with Gasteiger partial charge in [-0.3, -0.25) is 4.79 Å². The third kappa shape index (κ3) is 1.93. The molecule has 0 aliphatic heterocycles. The van der Waals surface area contributed by atoms with Crippen LogP contribution >= 0.6 is 0 Å². The number of methoxy groups -OCH3 is 1. The van der Waals surface area contributed by atoms with E-state index >= 15 is 0 Å². The number of carboxylic acid groups (broad SMARTS) is 1. The first-order chi connectivity index (χ1) is 9.29. The van der Waals surface area contributed by atoms with Crippen molar-refractivity contribution in [3.05, 3.63) is 29.8 Å². The highest BCUT2D eigenvalue weighted by Crippen LogP contribution is 2.62. The van der Waals surface area contributed by atoms with Crippen molar-refractivity contribution in [1.29, 1.82) is 5.26 Å². The monoisotopic (exact) mass is 295 g/mol. The van der Waals surface area contributed by atoms with E-state index in [9.17, 15) is 23.6 Å². The molecule has 7 heteroatoms. The number of hydrogen-bond acceptors (Lipinski definition) is 5. The zero-order valence-corrected chi connectivity index (χ0v) is 11.7. The van der Waals surface area contributed by atoms with Crippen LogP contribution in [0.4, 0.5) is 0 Å². The van der Waals surface area contributed by atoms with Crippen LogP contribution in [-0.4, -0.2) is 38.1 Å². The Morgan fingerprint density at radius 3 is 2.25 bits per heavy atom. The summed E-state index contributed by atoms with van der Waals surface area (Å²) in [5, 5.41) is 17.2. The summed E-state index contributed by atoms with van der Waals surface area (Å²) < 4.78 is 28.5. The Morgan fingerprint density at radius 2 is 1.95 bits per heavy atom. The summed E-state index contributed by atoms with van der Waals surface area (Å²) in [6.45, 7) is 0. The molecule has 0 heterocycles. The molecular weight excluding hydrogens is 282 g/mol. The number of benzene rings is 1. The van der Waals surface area contributed by atoms with Crippen LogP contribution in [0.25, 0.3) is 0 Å². The molecule has 0 bridgehead atoms. The number of nitriles is 1. The van der Waals surface area contributed by atoms with Gasteiger partial charge in [0.15, 0.2) is 15.3 Å². The van der Waals surface area contributed by atoms with Crippen molar-refractivity contribution in [1.82, 2.24) is 0 Å². The Balaban J connectivity index is 2.49. The maximum absolute atomic E-state index is 11.7. The lowest BCUT2D eigenvalue weighted by Gasteiger charge is -2.03. The summed E-state index contributed by atoms with van der Waals surface area (Å²) in [5.74, 6) is -1.69. The number of hydrogen-bond donors (Lipinski definition) is 1. The molecule has 1 aromatic carbocycles. The average molecular weight is 295 g/mol. The molecule has 1 aliphatic carbocycles. The second kappa shape index (κ2) is 4.49. The normalized spacial score (nSPS) is 28.4. The highest BCUT2D eigenvalue weighted by atomic mass is 32.2. The predicted molar refractivity (Wildman–Crippen MR) is 70.0 cm³/mol. The van der Waals surface area contributed by atoms with E-state index in [4.69, 9.17) is 4.74 Å². The molecule has 1 saturated carbocycles. The van der Waals surface area contributed by atoms with Gasteiger partial charge in [-0.25, -0.2) is 8.42 Å². The van der Waals surface area contributed by atoms with Crippen LogP contribution in [0.5, 0.6) is 5.75 Å². The number of sulfone groups is 1. The van der Waals surface area contributed by atoms with Crippen LogP contribution in [0.2, 0.25) is 0 Å². The van der Waals surface area contributed by atoms with Gasteiger partial charge in [-0.1, -0.05) is 12.1 Å². The fourth-order valence-electron chi connectivity index (χ4n) is 2.63. The molecule has 0 spiro atoms. The van der Waals surface area contributed by atoms with Crippen LogP contribution in [0.3, 0.4) is 0 Å². The summed E-state index contributed by atoms with van der Waals surface area (Å²) in [6.07, 6.45) is 0.955. The Hall–Kier alpha value is -2.07. The first-order valence-electron chi connectivity index (χ1n) is 5.76. The fraction of sp³-hybridized carbons (Fsp3) is 0.385. The zero-order valence-electron chi connectivity index (χ0n) is 10.9. The van der Waals surface area contributed by atoms with Crippen molar-refractivity contribution < 1.29 is 23.1 Å². The number of nitrogens with zero attached hydrogens (tertiary/aromatic N) is 1. The van der Waals surface area contributed by atoms with Gasteiger partial charge in [-0.15, -0.1) is 0 Å². The predicted octanol–water partition coefficient (Wildman–Crippen LogP) is 0.800. The molecule has 3 atom stereocenters. The van der Waals surface area contributed by atoms with Crippen molar-refractivity contribution in [2.24, 2.45) is 5.41 Å². The summed E-state index contributed by atoms with van der Waals surface area (Å²) in [5.41, 5.74) is -1.40. The second-order valence-electron chi connectivity index (χ2n) is 4.79. The number of carboxylic acids is 1. The lowest BCUT2D eigenvalue weighted by molar-refractivity contribution is -0.141. The fourth-order valence-corrected chi connectivity index (χ4v) is 4.39. The van der Waals surface area contributed by atoms with E-state index in [0.717, 1.165) is 6.26 Å². The molecule has 1 fully saturated rings. The Bertz CT molecular complexity index is 688. The Morgan fingerprint density at radius 1 is 1.40 bits per heavy atom. The molecule has 0 aromatic heterocycles. The molecule has 6 nitrogen and oxygen atoms in total. The molecule has 0 amide bonds. The van der Waals surface area contributed by atoms with Crippen molar-refractivity contribution in [3.63, 3.8) is 0 Å². The van der Waals surface area contributed by atoms with E-state index in [0.29, 0.717) is 11.3 Å². The molecule has 2 rings (SSSR count). The van der Waals surface area contributed by atoms with E-state index < -0.39 is 32.4 Å². The minimum absolute atomic E-state index is 0.505. The van der Waals surface area contributed by atoms with Crippen molar-refractivity contribution in [2.45, 2.75) is 11.2 Å². The van der Waals surface area contributed by atoms with E-state index in [2.05, 4.69) is 0 Å². The summed E-state index contributed by atoms with van der Waals surface area (Å²) >= 11 is 0. The quantitative estimate of drug-likeness (QED) is 0.881.